The van der Waals surface area contributed by atoms with Gasteiger partial charge in [-0.2, -0.15) is 0 Å². The molecule has 108 valence electrons. The van der Waals surface area contributed by atoms with E-state index in [9.17, 15) is 21.9 Å². The van der Waals surface area contributed by atoms with Gasteiger partial charge in [-0.15, -0.1) is 0 Å². The Bertz CT molecular complexity index is 662. The highest BCUT2D eigenvalue weighted by Gasteiger charge is 2.16. The Morgan fingerprint density at radius 2 is 1.58 bits per heavy atom. The van der Waals surface area contributed by atoms with Gasteiger partial charge in [-0.25, -0.2) is 16.8 Å². The predicted octanol–water partition coefficient (Wildman–Crippen LogP) is 1.49. The van der Waals surface area contributed by atoms with Gasteiger partial charge in [0, 0.05) is 6.26 Å². The largest absolute Gasteiger partial charge is 0.505 e. The van der Waals surface area contributed by atoms with E-state index in [1.807, 2.05) is 0 Å². The molecule has 0 heterocycles. The van der Waals surface area contributed by atoms with Gasteiger partial charge in [0.15, 0.2) is 5.75 Å². The molecule has 0 fully saturated rings. The molecular weight excluding hydrogens is 337 g/mol. The van der Waals surface area contributed by atoms with Crippen molar-refractivity contribution in [2.75, 3.05) is 22.5 Å². The fourth-order valence-electron chi connectivity index (χ4n) is 1.12. The minimum Gasteiger partial charge on any atom is -0.505 e. The number of hydrogen-bond donors (Lipinski definition) is 2. The van der Waals surface area contributed by atoms with Gasteiger partial charge in [0.25, 0.3) is 0 Å². The minimum atomic E-state index is -3.84. The molecule has 0 aliphatic heterocycles. The Labute approximate surface area is 121 Å². The van der Waals surface area contributed by atoms with Crippen LogP contribution >= 0.6 is 23.2 Å². The third-order valence-electron chi connectivity index (χ3n) is 2.01. The number of sulfonamides is 1. The number of halogens is 2. The maximum absolute atomic E-state index is 11.6. The summed E-state index contributed by atoms with van der Waals surface area (Å²) < 4.78 is 47.2. The van der Waals surface area contributed by atoms with Crippen LogP contribution < -0.4 is 4.72 Å². The smallest absolute Gasteiger partial charge is 0.233 e. The maximum atomic E-state index is 11.6. The number of hydrogen-bond acceptors (Lipinski definition) is 5. The first-order valence-corrected chi connectivity index (χ1v) is 9.33. The van der Waals surface area contributed by atoms with Crippen molar-refractivity contribution < 1.29 is 21.9 Å². The Balaban J connectivity index is 2.90. The zero-order chi connectivity index (χ0) is 14.8. The number of benzene rings is 1. The summed E-state index contributed by atoms with van der Waals surface area (Å²) in [5.41, 5.74) is 0.0429. The standard InChI is InChI=1S/C9H11Cl2NO5S2/c1-18(14,15)2-3-19(16,17)12-6-4-7(10)9(13)8(11)5-6/h4-5,12-13H,2-3H2,1H3. The monoisotopic (exact) mass is 347 g/mol. The van der Waals surface area contributed by atoms with E-state index in [2.05, 4.69) is 4.72 Å². The lowest BCUT2D eigenvalue weighted by atomic mass is 10.3. The van der Waals surface area contributed by atoms with E-state index >= 15 is 0 Å². The van der Waals surface area contributed by atoms with Crippen LogP contribution in [0.5, 0.6) is 5.75 Å². The fraction of sp³-hybridized carbons (Fsp3) is 0.333. The van der Waals surface area contributed by atoms with Crippen LogP contribution in [0.4, 0.5) is 5.69 Å². The molecule has 0 amide bonds. The van der Waals surface area contributed by atoms with Crippen LogP contribution in [0.15, 0.2) is 12.1 Å². The molecule has 19 heavy (non-hydrogen) atoms. The molecule has 2 N–H and O–H groups in total. The molecule has 0 aromatic heterocycles. The van der Waals surface area contributed by atoms with Crippen molar-refractivity contribution in [3.05, 3.63) is 22.2 Å². The number of aromatic hydroxyl groups is 1. The molecule has 0 saturated carbocycles. The Kier molecular flexibility index (Phi) is 4.94. The lowest BCUT2D eigenvalue weighted by Crippen LogP contribution is -2.22. The fourth-order valence-corrected chi connectivity index (χ4v) is 4.27. The van der Waals surface area contributed by atoms with Crippen LogP contribution in [-0.2, 0) is 19.9 Å². The minimum absolute atomic E-state index is 0.0429. The van der Waals surface area contributed by atoms with Crippen molar-refractivity contribution in [1.29, 1.82) is 0 Å². The third-order valence-corrected chi connectivity index (χ3v) is 5.08. The van der Waals surface area contributed by atoms with E-state index in [4.69, 9.17) is 23.2 Å². The number of phenols is 1. The average molecular weight is 348 g/mol. The quantitative estimate of drug-likeness (QED) is 0.785. The Morgan fingerprint density at radius 3 is 2.00 bits per heavy atom. The highest BCUT2D eigenvalue weighted by molar-refractivity contribution is 7.95. The number of sulfone groups is 1. The molecule has 0 saturated heterocycles. The predicted molar refractivity (Wildman–Crippen MR) is 75.2 cm³/mol. The summed E-state index contributed by atoms with van der Waals surface area (Å²) in [4.78, 5) is 0. The second kappa shape index (κ2) is 5.74. The van der Waals surface area contributed by atoms with Gasteiger partial charge >= 0.3 is 0 Å². The molecule has 10 heteroatoms. The van der Waals surface area contributed by atoms with Crippen molar-refractivity contribution in [2.45, 2.75) is 0 Å². The van der Waals surface area contributed by atoms with Gasteiger partial charge in [0.1, 0.15) is 9.84 Å². The van der Waals surface area contributed by atoms with Gasteiger partial charge in [-0.3, -0.25) is 4.72 Å². The van der Waals surface area contributed by atoms with Crippen LogP contribution in [0.3, 0.4) is 0 Å². The molecule has 1 aromatic rings. The molecule has 0 atom stereocenters. The molecule has 0 aliphatic carbocycles. The van der Waals surface area contributed by atoms with Crippen LogP contribution in [0.1, 0.15) is 0 Å². The van der Waals surface area contributed by atoms with Gasteiger partial charge in [-0.05, 0) is 12.1 Å². The molecule has 0 spiro atoms. The molecule has 0 unspecified atom stereocenters. The van der Waals surface area contributed by atoms with Crippen LogP contribution in [0, 0.1) is 0 Å². The third kappa shape index (κ3) is 5.43. The molecule has 6 nitrogen and oxygen atoms in total. The summed E-state index contributed by atoms with van der Waals surface area (Å²) in [6.07, 6.45) is 0.941. The van der Waals surface area contributed by atoms with Crippen LogP contribution in [0.2, 0.25) is 10.0 Å². The normalized spacial score (nSPS) is 12.4. The summed E-state index contributed by atoms with van der Waals surface area (Å²) in [7, 11) is -7.23. The lowest BCUT2D eigenvalue weighted by Gasteiger charge is -2.09. The van der Waals surface area contributed by atoms with Gasteiger partial charge in [-0.1, -0.05) is 23.2 Å². The van der Waals surface area contributed by atoms with Crippen molar-refractivity contribution in [3.8, 4) is 5.75 Å². The topological polar surface area (TPSA) is 101 Å². The first-order valence-electron chi connectivity index (χ1n) is 4.86. The molecule has 1 aromatic carbocycles. The average Bonchev–Trinajstić information content (AvgIpc) is 2.22. The highest BCUT2D eigenvalue weighted by Crippen LogP contribution is 2.34. The number of nitrogens with one attached hydrogen (secondary N) is 1. The molecule has 0 radical (unpaired) electrons. The summed E-state index contributed by atoms with van der Waals surface area (Å²) in [5, 5.41) is 9.08. The Hall–Kier alpha value is -0.700. The van der Waals surface area contributed by atoms with Crippen LogP contribution in [-0.4, -0.2) is 39.7 Å². The second-order valence-corrected chi connectivity index (χ2v) is 8.76. The summed E-state index contributed by atoms with van der Waals surface area (Å²) >= 11 is 11.3. The number of rotatable bonds is 5. The van der Waals surface area contributed by atoms with E-state index < -0.39 is 31.4 Å². The Morgan fingerprint density at radius 1 is 1.11 bits per heavy atom. The molecule has 1 rings (SSSR count). The van der Waals surface area contributed by atoms with Crippen molar-refractivity contribution in [1.82, 2.24) is 0 Å². The first kappa shape index (κ1) is 16.4. The highest BCUT2D eigenvalue weighted by atomic mass is 35.5. The van der Waals surface area contributed by atoms with E-state index in [1.54, 1.807) is 0 Å². The second-order valence-electron chi connectivity index (χ2n) is 3.84. The van der Waals surface area contributed by atoms with E-state index in [0.29, 0.717) is 0 Å². The zero-order valence-corrected chi connectivity index (χ0v) is 12.9. The van der Waals surface area contributed by atoms with Gasteiger partial charge in [0.05, 0.1) is 27.2 Å². The van der Waals surface area contributed by atoms with E-state index in [0.717, 1.165) is 6.26 Å². The summed E-state index contributed by atoms with van der Waals surface area (Å²) in [6, 6.07) is 2.33. The lowest BCUT2D eigenvalue weighted by molar-refractivity contribution is 0.476. The van der Waals surface area contributed by atoms with Crippen molar-refractivity contribution in [3.63, 3.8) is 0 Å². The molecular formula is C9H11Cl2NO5S2. The maximum Gasteiger partial charge on any atom is 0.233 e. The van der Waals surface area contributed by atoms with Crippen molar-refractivity contribution in [2.24, 2.45) is 0 Å². The first-order chi connectivity index (χ1) is 8.50. The molecule has 0 aliphatic rings. The SMILES string of the molecule is CS(=O)(=O)CCS(=O)(=O)Nc1cc(Cl)c(O)c(Cl)c1. The van der Waals surface area contributed by atoms with E-state index in [-0.39, 0.29) is 21.5 Å². The number of anilines is 1. The van der Waals surface area contributed by atoms with Crippen molar-refractivity contribution >= 4 is 48.7 Å². The van der Waals surface area contributed by atoms with Crippen LogP contribution in [0.25, 0.3) is 0 Å². The number of phenolic OH excluding ortho intramolecular Hbond substituents is 1. The molecule has 0 bridgehead atoms. The van der Waals surface area contributed by atoms with E-state index in [1.165, 1.54) is 12.1 Å². The van der Waals surface area contributed by atoms with Gasteiger partial charge < -0.3 is 5.11 Å². The summed E-state index contributed by atoms with van der Waals surface area (Å²) in [6.45, 7) is 0. The van der Waals surface area contributed by atoms with Gasteiger partial charge in [0.2, 0.25) is 10.0 Å². The summed E-state index contributed by atoms with van der Waals surface area (Å²) in [5.74, 6) is -1.44. The zero-order valence-electron chi connectivity index (χ0n) is 9.72.